The summed E-state index contributed by atoms with van der Waals surface area (Å²) in [5, 5.41) is 10.2. The van der Waals surface area contributed by atoms with Crippen molar-refractivity contribution in [3.8, 4) is 11.4 Å². The first-order chi connectivity index (χ1) is 9.19. The summed E-state index contributed by atoms with van der Waals surface area (Å²) in [7, 11) is 0. The molecule has 4 nitrogen and oxygen atoms in total. The molecule has 0 saturated heterocycles. The van der Waals surface area contributed by atoms with Gasteiger partial charge in [-0.2, -0.15) is 4.73 Å². The highest BCUT2D eigenvalue weighted by molar-refractivity contribution is 5.80. The molecule has 96 valence electrons. The number of hydrogen-bond acceptors (Lipinski definition) is 3. The Morgan fingerprint density at radius 3 is 2.58 bits per heavy atom. The lowest BCUT2D eigenvalue weighted by atomic mass is 10.1. The molecule has 0 aliphatic carbocycles. The Morgan fingerprint density at radius 2 is 1.89 bits per heavy atom. The third-order valence-corrected chi connectivity index (χ3v) is 3.23. The number of rotatable bonds is 2. The summed E-state index contributed by atoms with van der Waals surface area (Å²) in [4.78, 5) is 4.46. The van der Waals surface area contributed by atoms with Gasteiger partial charge in [0.1, 0.15) is 5.52 Å². The van der Waals surface area contributed by atoms with Gasteiger partial charge in [0, 0.05) is 12.1 Å². The largest absolute Gasteiger partial charge is 0.426 e. The van der Waals surface area contributed by atoms with Crippen molar-refractivity contribution in [2.45, 2.75) is 13.5 Å². The van der Waals surface area contributed by atoms with Gasteiger partial charge in [-0.05, 0) is 30.2 Å². The second-order valence-corrected chi connectivity index (χ2v) is 4.64. The van der Waals surface area contributed by atoms with Gasteiger partial charge < -0.3 is 10.9 Å². The van der Waals surface area contributed by atoms with E-state index in [2.05, 4.69) is 4.98 Å². The third-order valence-electron chi connectivity index (χ3n) is 3.23. The summed E-state index contributed by atoms with van der Waals surface area (Å²) < 4.78 is 1.14. The van der Waals surface area contributed by atoms with Gasteiger partial charge in [-0.15, -0.1) is 0 Å². The van der Waals surface area contributed by atoms with Crippen LogP contribution in [0.3, 0.4) is 0 Å². The van der Waals surface area contributed by atoms with E-state index in [0.29, 0.717) is 12.4 Å². The number of fused-ring (bicyclic) bond motifs is 1. The minimum atomic E-state index is 0.509. The Morgan fingerprint density at radius 1 is 1.16 bits per heavy atom. The van der Waals surface area contributed by atoms with E-state index in [1.54, 1.807) is 0 Å². The van der Waals surface area contributed by atoms with Crippen molar-refractivity contribution in [2.24, 2.45) is 5.73 Å². The smallest absolute Gasteiger partial charge is 0.176 e. The molecule has 3 aromatic rings. The maximum absolute atomic E-state index is 10.2. The number of hydrogen-bond donors (Lipinski definition) is 2. The molecule has 19 heavy (non-hydrogen) atoms. The van der Waals surface area contributed by atoms with Gasteiger partial charge in [0.05, 0.1) is 5.52 Å². The number of nitrogens with two attached hydrogens (primary N) is 1. The van der Waals surface area contributed by atoms with Gasteiger partial charge in [0.2, 0.25) is 0 Å². The molecule has 1 aromatic heterocycles. The summed E-state index contributed by atoms with van der Waals surface area (Å²) in [6.45, 7) is 2.50. The lowest BCUT2D eigenvalue weighted by molar-refractivity contribution is 0.203. The SMILES string of the molecule is Cc1ccc2nc(-c3ccc(CN)cc3)n(O)c2c1. The van der Waals surface area contributed by atoms with E-state index < -0.39 is 0 Å². The first kappa shape index (κ1) is 11.7. The van der Waals surface area contributed by atoms with Crippen molar-refractivity contribution in [3.05, 3.63) is 53.6 Å². The molecular formula is C15H15N3O. The molecule has 0 aliphatic rings. The molecule has 0 radical (unpaired) electrons. The number of imidazole rings is 1. The van der Waals surface area contributed by atoms with Crippen LogP contribution in [0.15, 0.2) is 42.5 Å². The van der Waals surface area contributed by atoms with Crippen molar-refractivity contribution < 1.29 is 5.21 Å². The summed E-state index contributed by atoms with van der Waals surface area (Å²) in [5.74, 6) is 0.546. The molecule has 3 rings (SSSR count). The quantitative estimate of drug-likeness (QED) is 0.690. The van der Waals surface area contributed by atoms with Crippen LogP contribution in [-0.2, 0) is 6.54 Å². The van der Waals surface area contributed by atoms with E-state index in [4.69, 9.17) is 5.73 Å². The third kappa shape index (κ3) is 1.96. The summed E-state index contributed by atoms with van der Waals surface area (Å²) in [6.07, 6.45) is 0. The topological polar surface area (TPSA) is 64.1 Å². The maximum Gasteiger partial charge on any atom is 0.176 e. The molecule has 3 N–H and O–H groups in total. The molecule has 0 bridgehead atoms. The van der Waals surface area contributed by atoms with Crippen molar-refractivity contribution in [3.63, 3.8) is 0 Å². The average molecular weight is 253 g/mol. The van der Waals surface area contributed by atoms with Crippen LogP contribution in [0.1, 0.15) is 11.1 Å². The monoisotopic (exact) mass is 253 g/mol. The highest BCUT2D eigenvalue weighted by atomic mass is 16.5. The molecule has 0 aliphatic heterocycles. The van der Waals surface area contributed by atoms with Gasteiger partial charge >= 0.3 is 0 Å². The number of benzene rings is 2. The van der Waals surface area contributed by atoms with E-state index >= 15 is 0 Å². The Bertz CT molecular complexity index is 729. The zero-order chi connectivity index (χ0) is 13.4. The molecule has 2 aromatic carbocycles. The molecule has 0 spiro atoms. The summed E-state index contributed by atoms with van der Waals surface area (Å²) in [5.41, 5.74) is 10.1. The van der Waals surface area contributed by atoms with Crippen molar-refractivity contribution in [1.29, 1.82) is 0 Å². The van der Waals surface area contributed by atoms with Crippen LogP contribution in [0, 0.1) is 6.92 Å². The molecule has 0 atom stereocenters. The average Bonchev–Trinajstić information content (AvgIpc) is 2.76. The zero-order valence-corrected chi connectivity index (χ0v) is 10.7. The molecule has 1 heterocycles. The first-order valence-electron chi connectivity index (χ1n) is 6.17. The van der Waals surface area contributed by atoms with Gasteiger partial charge in [-0.1, -0.05) is 30.3 Å². The predicted molar refractivity (Wildman–Crippen MR) is 75.0 cm³/mol. The van der Waals surface area contributed by atoms with E-state index in [-0.39, 0.29) is 0 Å². The van der Waals surface area contributed by atoms with E-state index in [1.807, 2.05) is 49.4 Å². The van der Waals surface area contributed by atoms with Crippen LogP contribution in [0.4, 0.5) is 0 Å². The van der Waals surface area contributed by atoms with Gasteiger partial charge in [-0.25, -0.2) is 4.98 Å². The summed E-state index contributed by atoms with van der Waals surface area (Å²) >= 11 is 0. The predicted octanol–water partition coefficient (Wildman–Crippen LogP) is 2.71. The van der Waals surface area contributed by atoms with Crippen LogP contribution in [0.2, 0.25) is 0 Å². The standard InChI is InChI=1S/C15H15N3O/c1-10-2-7-13-14(8-10)18(19)15(17-13)12-5-3-11(9-16)4-6-12/h2-8,19H,9,16H2,1H3. The molecule has 0 saturated carbocycles. The molecular weight excluding hydrogens is 238 g/mol. The van der Waals surface area contributed by atoms with Crippen LogP contribution in [0.25, 0.3) is 22.4 Å². The van der Waals surface area contributed by atoms with Crippen LogP contribution < -0.4 is 5.73 Å². The Kier molecular flexibility index (Phi) is 2.72. The molecule has 0 fully saturated rings. The van der Waals surface area contributed by atoms with E-state index in [1.165, 1.54) is 0 Å². The zero-order valence-electron chi connectivity index (χ0n) is 10.7. The lowest BCUT2D eigenvalue weighted by Crippen LogP contribution is -1.97. The van der Waals surface area contributed by atoms with Crippen molar-refractivity contribution in [1.82, 2.24) is 9.71 Å². The normalized spacial score (nSPS) is 11.1. The second-order valence-electron chi connectivity index (χ2n) is 4.64. The van der Waals surface area contributed by atoms with Gasteiger partial charge in [-0.3, -0.25) is 0 Å². The number of nitrogens with zero attached hydrogens (tertiary/aromatic N) is 2. The van der Waals surface area contributed by atoms with Gasteiger partial charge in [0.15, 0.2) is 5.82 Å². The number of aromatic nitrogens is 2. The highest BCUT2D eigenvalue weighted by Gasteiger charge is 2.11. The fraction of sp³-hybridized carbons (Fsp3) is 0.133. The maximum atomic E-state index is 10.2. The minimum Gasteiger partial charge on any atom is -0.426 e. The Balaban J connectivity index is 2.16. The fourth-order valence-electron chi connectivity index (χ4n) is 2.15. The minimum absolute atomic E-state index is 0.509. The molecule has 0 unspecified atom stereocenters. The van der Waals surface area contributed by atoms with Crippen molar-refractivity contribution >= 4 is 11.0 Å². The second kappa shape index (κ2) is 4.40. The summed E-state index contributed by atoms with van der Waals surface area (Å²) in [6, 6.07) is 13.5. The van der Waals surface area contributed by atoms with Crippen molar-refractivity contribution in [2.75, 3.05) is 0 Å². The molecule has 0 amide bonds. The van der Waals surface area contributed by atoms with Gasteiger partial charge in [0.25, 0.3) is 0 Å². The Labute approximate surface area is 111 Å². The van der Waals surface area contributed by atoms with E-state index in [0.717, 1.165) is 32.5 Å². The lowest BCUT2D eigenvalue weighted by Gasteiger charge is -2.02. The molecule has 4 heteroatoms. The van der Waals surface area contributed by atoms with E-state index in [9.17, 15) is 5.21 Å². The van der Waals surface area contributed by atoms with Crippen LogP contribution >= 0.6 is 0 Å². The first-order valence-corrected chi connectivity index (χ1v) is 6.17. The highest BCUT2D eigenvalue weighted by Crippen LogP contribution is 2.24. The number of aryl methyl sites for hydroxylation is 1. The fourth-order valence-corrected chi connectivity index (χ4v) is 2.15. The van der Waals surface area contributed by atoms with Crippen LogP contribution in [-0.4, -0.2) is 14.9 Å². The van der Waals surface area contributed by atoms with Crippen LogP contribution in [0.5, 0.6) is 0 Å². The Hall–Kier alpha value is -2.33.